The van der Waals surface area contributed by atoms with Crippen LogP contribution in [0.2, 0.25) is 0 Å². The molecule has 0 rings (SSSR count). The third-order valence-corrected chi connectivity index (χ3v) is 12.1. The Morgan fingerprint density at radius 1 is 0.286 bits per heavy atom. The fourth-order valence-electron chi connectivity index (χ4n) is 6.04. The minimum atomic E-state index is 0. The maximum absolute atomic E-state index is 2.38. The Kier molecular flexibility index (Phi) is 15.4. The molecule has 28 heavy (non-hydrogen) atoms. The summed E-state index contributed by atoms with van der Waals surface area (Å²) in [6, 6.07) is 0. The van der Waals surface area contributed by atoms with Crippen molar-refractivity contribution in [2.75, 3.05) is 0 Å². The van der Waals surface area contributed by atoms with Crippen molar-refractivity contribution in [3.05, 3.63) is 0 Å². The first-order valence-electron chi connectivity index (χ1n) is 10.3. The van der Waals surface area contributed by atoms with E-state index in [0.29, 0.717) is 30.9 Å². The summed E-state index contributed by atoms with van der Waals surface area (Å²) in [6.45, 7) is 42.9. The maximum atomic E-state index is 2.38. The first-order valence-corrected chi connectivity index (χ1v) is 13.0. The molecule has 0 amide bonds. The van der Waals surface area contributed by atoms with Gasteiger partial charge in [0.25, 0.3) is 0 Å². The number of rotatable bonds is 0. The van der Waals surface area contributed by atoms with E-state index in [2.05, 4.69) is 125 Å². The van der Waals surface area contributed by atoms with Crippen molar-refractivity contribution < 1.29 is 20.4 Å². The molecule has 0 unspecified atom stereocenters. The van der Waals surface area contributed by atoms with Crippen LogP contribution in [0.25, 0.3) is 0 Å². The molecule has 178 valence electrons. The second-order valence-corrected chi connectivity index (χ2v) is 23.1. The van der Waals surface area contributed by atoms with E-state index in [1.165, 1.54) is 0 Å². The number of hydrogen-bond donors (Lipinski definition) is 0. The van der Waals surface area contributed by atoms with E-state index in [-0.39, 0.29) is 48.7 Å². The fourth-order valence-corrected chi connectivity index (χ4v) is 18.1. The summed E-state index contributed by atoms with van der Waals surface area (Å²) < 4.78 is 0. The van der Waals surface area contributed by atoms with Crippen LogP contribution >= 0.6 is 28.3 Å². The van der Waals surface area contributed by atoms with Crippen molar-refractivity contribution in [1.82, 2.24) is 0 Å². The smallest absolute Gasteiger partial charge is 0 e. The van der Waals surface area contributed by atoms with Gasteiger partial charge in [0.2, 0.25) is 0 Å². The quantitative estimate of drug-likeness (QED) is 0.209. The number of halogens is 1. The molecule has 0 heterocycles. The van der Waals surface area contributed by atoms with Crippen LogP contribution < -0.4 is 0 Å². The summed E-state index contributed by atoms with van der Waals surface area (Å²) in [5, 5.41) is 2.70. The van der Waals surface area contributed by atoms with E-state index in [0.717, 1.165) is 0 Å². The van der Waals surface area contributed by atoms with Crippen molar-refractivity contribution in [2.24, 2.45) is 0 Å². The Morgan fingerprint density at radius 3 is 0.357 bits per heavy atom. The summed E-state index contributed by atoms with van der Waals surface area (Å²) >= 11 is 0. The molecule has 0 aromatic rings. The molecule has 0 aliphatic heterocycles. The summed E-state index contributed by atoms with van der Waals surface area (Å²) in [7, 11) is 0.0324. The molecule has 0 saturated heterocycles. The number of hydrogen-bond acceptors (Lipinski definition) is 0. The molecular formula is C24H55ClP2Pd. The zero-order chi connectivity index (χ0) is 22.2. The van der Waals surface area contributed by atoms with E-state index in [1.54, 1.807) is 0 Å². The molecule has 0 aliphatic carbocycles. The molecule has 0 atom stereocenters. The molecule has 0 radical (unpaired) electrons. The second-order valence-electron chi connectivity index (χ2n) is 13.7. The Balaban J connectivity index is -0.000000192. The third-order valence-electron chi connectivity index (χ3n) is 4.02. The van der Waals surface area contributed by atoms with E-state index < -0.39 is 0 Å². The topological polar surface area (TPSA) is 0 Å². The van der Waals surface area contributed by atoms with Gasteiger partial charge >= 0.3 is 0 Å². The molecule has 0 fully saturated rings. The Hall–Kier alpha value is 1.81. The van der Waals surface area contributed by atoms with Crippen molar-refractivity contribution in [2.45, 2.75) is 156 Å². The monoisotopic (exact) mass is 546 g/mol. The second kappa shape index (κ2) is 11.6. The van der Waals surface area contributed by atoms with Crippen LogP contribution in [0.1, 0.15) is 125 Å². The van der Waals surface area contributed by atoms with E-state index in [4.69, 9.17) is 0 Å². The maximum Gasteiger partial charge on any atom is 0 e. The summed E-state index contributed by atoms with van der Waals surface area (Å²) in [6.07, 6.45) is 0. The molecular weight excluding hydrogens is 492 g/mol. The predicted molar refractivity (Wildman–Crippen MR) is 140 cm³/mol. The normalized spacial score (nSPS) is 14.1. The summed E-state index contributed by atoms with van der Waals surface area (Å²) in [4.78, 5) is 0. The van der Waals surface area contributed by atoms with Crippen LogP contribution in [-0.4, -0.2) is 30.9 Å². The average molecular weight is 548 g/mol. The molecule has 0 bridgehead atoms. The van der Waals surface area contributed by atoms with E-state index >= 15 is 0 Å². The van der Waals surface area contributed by atoms with Gasteiger partial charge < -0.3 is 0 Å². The van der Waals surface area contributed by atoms with Gasteiger partial charge in [0.15, 0.2) is 0 Å². The molecule has 0 aromatic carbocycles. The molecule has 0 saturated carbocycles. The molecule has 0 aromatic heterocycles. The van der Waals surface area contributed by atoms with Crippen molar-refractivity contribution >= 4 is 28.3 Å². The van der Waals surface area contributed by atoms with E-state index in [9.17, 15) is 0 Å². The van der Waals surface area contributed by atoms with Crippen LogP contribution in [0, 0.1) is 0 Å². The van der Waals surface area contributed by atoms with Gasteiger partial charge in [-0.1, -0.05) is 140 Å². The molecule has 0 N–H and O–H groups in total. The third kappa shape index (κ3) is 14.0. The van der Waals surface area contributed by atoms with Gasteiger partial charge in [-0.2, -0.15) is 0 Å². The Labute approximate surface area is 203 Å². The van der Waals surface area contributed by atoms with Crippen molar-refractivity contribution in [3.8, 4) is 0 Å². The average Bonchev–Trinajstić information content (AvgIpc) is 1.97. The van der Waals surface area contributed by atoms with Crippen LogP contribution in [0.5, 0.6) is 0 Å². The van der Waals surface area contributed by atoms with E-state index in [1.807, 2.05) is 0 Å². The summed E-state index contributed by atoms with van der Waals surface area (Å²) in [5.41, 5.74) is 0. The van der Waals surface area contributed by atoms with Crippen LogP contribution in [-0.2, 0) is 20.4 Å². The van der Waals surface area contributed by atoms with Gasteiger partial charge in [0.1, 0.15) is 0 Å². The Bertz CT molecular complexity index is 310. The van der Waals surface area contributed by atoms with Crippen molar-refractivity contribution in [1.29, 1.82) is 0 Å². The van der Waals surface area contributed by atoms with Gasteiger partial charge in [-0.3, -0.25) is 0 Å². The fraction of sp³-hybridized carbons (Fsp3) is 1.00. The van der Waals surface area contributed by atoms with Gasteiger partial charge in [0, 0.05) is 20.4 Å². The standard InChI is InChI=1S/2C12H27P.ClH.Pd/c2*1-10(2,3)13(11(4,5)6)12(7,8)9;;/h2*1-9H3;1H;. The molecule has 0 spiro atoms. The SMILES string of the molecule is CC(C)(C)P(C(C)(C)C)C(C)(C)C.CC(C)(C)P(C(C)(C)C)C(C)(C)C.Cl.[Pd]. The predicted octanol–water partition coefficient (Wildman–Crippen LogP) is 10.1. The van der Waals surface area contributed by atoms with Crippen LogP contribution in [0.15, 0.2) is 0 Å². The summed E-state index contributed by atoms with van der Waals surface area (Å²) in [5.74, 6) is 0. The van der Waals surface area contributed by atoms with Crippen LogP contribution in [0.4, 0.5) is 0 Å². The minimum absolute atomic E-state index is 0. The van der Waals surface area contributed by atoms with Gasteiger partial charge in [0.05, 0.1) is 0 Å². The zero-order valence-corrected chi connectivity index (χ0v) is 26.8. The van der Waals surface area contributed by atoms with Crippen molar-refractivity contribution in [3.63, 3.8) is 0 Å². The molecule has 0 nitrogen and oxygen atoms in total. The largest absolute Gasteiger partial charge is 0.147 e. The first kappa shape index (κ1) is 37.1. The molecule has 4 heteroatoms. The van der Waals surface area contributed by atoms with Crippen LogP contribution in [0.3, 0.4) is 0 Å². The van der Waals surface area contributed by atoms with Gasteiger partial charge in [-0.15, -0.1) is 12.4 Å². The minimum Gasteiger partial charge on any atom is -0.147 e. The Morgan fingerprint density at radius 2 is 0.357 bits per heavy atom. The molecule has 0 aliphatic rings. The van der Waals surface area contributed by atoms with Gasteiger partial charge in [-0.25, -0.2) is 0 Å². The van der Waals surface area contributed by atoms with Gasteiger partial charge in [-0.05, 0) is 30.9 Å². The first-order chi connectivity index (χ1) is 10.7. The zero-order valence-electron chi connectivity index (χ0n) is 22.6.